The van der Waals surface area contributed by atoms with Crippen molar-refractivity contribution in [2.75, 3.05) is 0 Å². The molecule has 0 fully saturated rings. The van der Waals surface area contributed by atoms with Gasteiger partial charge in [-0.2, -0.15) is 0 Å². The topological polar surface area (TPSA) is 55.4 Å². The van der Waals surface area contributed by atoms with Crippen molar-refractivity contribution in [1.82, 2.24) is 5.32 Å². The molecule has 1 aromatic rings. The Labute approximate surface area is 122 Å². The molecule has 0 bridgehead atoms. The molecule has 0 spiro atoms. The van der Waals surface area contributed by atoms with Crippen molar-refractivity contribution in [2.45, 2.75) is 45.3 Å². The second-order valence-corrected chi connectivity index (χ2v) is 5.58. The Bertz CT molecular complexity index is 483. The zero-order chi connectivity index (χ0) is 16.0. The van der Waals surface area contributed by atoms with Gasteiger partial charge in [-0.3, -0.25) is 4.79 Å². The molecule has 1 rings (SSSR count). The van der Waals surface area contributed by atoms with Crippen LogP contribution in [0.3, 0.4) is 0 Å². The number of hydrogen-bond donors (Lipinski definition) is 1. The molecule has 0 aliphatic heterocycles. The molecule has 0 aromatic heterocycles. The summed E-state index contributed by atoms with van der Waals surface area (Å²) < 4.78 is 30.8. The van der Waals surface area contributed by atoms with Crippen LogP contribution in [0.2, 0.25) is 0 Å². The quantitative estimate of drug-likeness (QED) is 0.848. The van der Waals surface area contributed by atoms with Crippen LogP contribution in [-0.2, 0) is 4.74 Å². The van der Waals surface area contributed by atoms with Crippen LogP contribution in [-0.4, -0.2) is 29.9 Å². The number of rotatable bonds is 5. The number of alkyl carbamates (subject to hydrolysis) is 1. The van der Waals surface area contributed by atoms with Gasteiger partial charge in [-0.15, -0.1) is 0 Å². The van der Waals surface area contributed by atoms with Crippen molar-refractivity contribution < 1.29 is 23.1 Å². The molecule has 1 N–H and O–H groups in total. The summed E-state index contributed by atoms with van der Waals surface area (Å²) in [6.07, 6.45) is -4.31. The van der Waals surface area contributed by atoms with E-state index in [1.807, 2.05) is 5.32 Å². The van der Waals surface area contributed by atoms with Crippen LogP contribution in [0.1, 0.15) is 37.6 Å². The number of benzene rings is 1. The first-order valence-corrected chi connectivity index (χ1v) is 6.55. The minimum absolute atomic E-state index is 0.328. The van der Waals surface area contributed by atoms with E-state index >= 15 is 0 Å². The van der Waals surface area contributed by atoms with Crippen LogP contribution in [0.25, 0.3) is 0 Å². The first kappa shape index (κ1) is 17.1. The fourth-order valence-corrected chi connectivity index (χ4v) is 1.60. The SMILES string of the molecule is CC(C)(C)OC(=O)NC(CC(=O)c1ccccc1)C(F)F. The van der Waals surface area contributed by atoms with Crippen molar-refractivity contribution in [3.05, 3.63) is 35.9 Å². The van der Waals surface area contributed by atoms with E-state index in [1.165, 1.54) is 0 Å². The van der Waals surface area contributed by atoms with Gasteiger partial charge in [0, 0.05) is 12.0 Å². The monoisotopic (exact) mass is 299 g/mol. The van der Waals surface area contributed by atoms with Crippen molar-refractivity contribution in [3.8, 4) is 0 Å². The fraction of sp³-hybridized carbons (Fsp3) is 0.467. The van der Waals surface area contributed by atoms with E-state index in [-0.39, 0.29) is 0 Å². The third-order valence-electron chi connectivity index (χ3n) is 2.51. The number of carbonyl (C=O) groups is 2. The molecule has 1 aromatic carbocycles. The van der Waals surface area contributed by atoms with Gasteiger partial charge in [-0.1, -0.05) is 30.3 Å². The molecule has 116 valence electrons. The van der Waals surface area contributed by atoms with Gasteiger partial charge < -0.3 is 10.1 Å². The maximum absolute atomic E-state index is 12.9. The molecule has 21 heavy (non-hydrogen) atoms. The summed E-state index contributed by atoms with van der Waals surface area (Å²) >= 11 is 0. The predicted octanol–water partition coefficient (Wildman–Crippen LogP) is 3.42. The van der Waals surface area contributed by atoms with Crippen LogP contribution in [0.5, 0.6) is 0 Å². The van der Waals surface area contributed by atoms with Crippen LogP contribution < -0.4 is 5.32 Å². The molecule has 0 aliphatic carbocycles. The van der Waals surface area contributed by atoms with Crippen molar-refractivity contribution in [1.29, 1.82) is 0 Å². The molecule has 1 atom stereocenters. The number of alkyl halides is 2. The number of ether oxygens (including phenoxy) is 1. The van der Waals surface area contributed by atoms with E-state index < -0.39 is 36.4 Å². The Balaban J connectivity index is 2.66. The highest BCUT2D eigenvalue weighted by atomic mass is 19.3. The van der Waals surface area contributed by atoms with E-state index in [2.05, 4.69) is 0 Å². The van der Waals surface area contributed by atoms with Gasteiger partial charge >= 0.3 is 6.09 Å². The lowest BCUT2D eigenvalue weighted by Crippen LogP contribution is -2.44. The van der Waals surface area contributed by atoms with Crippen molar-refractivity contribution in [3.63, 3.8) is 0 Å². The minimum atomic E-state index is -2.86. The summed E-state index contributed by atoms with van der Waals surface area (Å²) in [7, 11) is 0. The average Bonchev–Trinajstić information content (AvgIpc) is 2.36. The highest BCUT2D eigenvalue weighted by Gasteiger charge is 2.28. The highest BCUT2D eigenvalue weighted by Crippen LogP contribution is 2.13. The normalized spacial score (nSPS) is 12.9. The Kier molecular flexibility index (Phi) is 5.81. The third-order valence-corrected chi connectivity index (χ3v) is 2.51. The van der Waals surface area contributed by atoms with E-state index in [9.17, 15) is 18.4 Å². The summed E-state index contributed by atoms with van der Waals surface area (Å²) in [5.41, 5.74) is -0.464. The molecule has 6 heteroatoms. The van der Waals surface area contributed by atoms with Gasteiger partial charge in [0.1, 0.15) is 11.6 Å². The lowest BCUT2D eigenvalue weighted by atomic mass is 10.0. The second kappa shape index (κ2) is 7.15. The number of halogens is 2. The highest BCUT2D eigenvalue weighted by molar-refractivity contribution is 5.96. The molecule has 0 aliphatic rings. The summed E-state index contributed by atoms with van der Waals surface area (Å²) in [5.74, 6) is -0.461. The molecular formula is C15H19F2NO3. The Morgan fingerprint density at radius 2 is 1.76 bits per heavy atom. The zero-order valence-corrected chi connectivity index (χ0v) is 12.2. The molecule has 1 unspecified atom stereocenters. The van der Waals surface area contributed by atoms with Crippen molar-refractivity contribution in [2.24, 2.45) is 0 Å². The Morgan fingerprint density at radius 1 is 1.19 bits per heavy atom. The number of carbonyl (C=O) groups excluding carboxylic acids is 2. The third kappa shape index (κ3) is 6.33. The summed E-state index contributed by atoms with van der Waals surface area (Å²) in [5, 5.41) is 2.04. The van der Waals surface area contributed by atoms with E-state index in [4.69, 9.17) is 4.74 Å². The van der Waals surface area contributed by atoms with Gasteiger partial charge in [0.25, 0.3) is 6.43 Å². The summed E-state index contributed by atoms with van der Waals surface area (Å²) in [6, 6.07) is 6.52. The molecule has 0 saturated carbocycles. The van der Waals surface area contributed by atoms with Gasteiger partial charge in [-0.05, 0) is 20.8 Å². The molecular weight excluding hydrogens is 280 g/mol. The predicted molar refractivity (Wildman–Crippen MR) is 74.6 cm³/mol. The number of ketones is 1. The molecule has 0 saturated heterocycles. The van der Waals surface area contributed by atoms with E-state index in [1.54, 1.807) is 51.1 Å². The first-order valence-electron chi connectivity index (χ1n) is 6.55. The molecule has 4 nitrogen and oxygen atoms in total. The smallest absolute Gasteiger partial charge is 0.408 e. The average molecular weight is 299 g/mol. The van der Waals surface area contributed by atoms with Gasteiger partial charge in [-0.25, -0.2) is 13.6 Å². The fourth-order valence-electron chi connectivity index (χ4n) is 1.60. The maximum atomic E-state index is 12.9. The second-order valence-electron chi connectivity index (χ2n) is 5.58. The van der Waals surface area contributed by atoms with E-state index in [0.717, 1.165) is 0 Å². The lowest BCUT2D eigenvalue weighted by molar-refractivity contribution is 0.0363. The molecule has 0 heterocycles. The lowest BCUT2D eigenvalue weighted by Gasteiger charge is -2.23. The van der Waals surface area contributed by atoms with Crippen LogP contribution in [0.15, 0.2) is 30.3 Å². The van der Waals surface area contributed by atoms with Crippen LogP contribution >= 0.6 is 0 Å². The number of nitrogens with one attached hydrogen (secondary N) is 1. The minimum Gasteiger partial charge on any atom is -0.444 e. The molecule has 1 amide bonds. The van der Waals surface area contributed by atoms with Crippen LogP contribution in [0, 0.1) is 0 Å². The van der Waals surface area contributed by atoms with Crippen molar-refractivity contribution >= 4 is 11.9 Å². The van der Waals surface area contributed by atoms with Gasteiger partial charge in [0.05, 0.1) is 0 Å². The molecule has 0 radical (unpaired) electrons. The number of Topliss-reactive ketones (excluding diaryl/α,β-unsaturated/α-hetero) is 1. The maximum Gasteiger partial charge on any atom is 0.408 e. The largest absolute Gasteiger partial charge is 0.444 e. The number of hydrogen-bond acceptors (Lipinski definition) is 3. The Morgan fingerprint density at radius 3 is 2.24 bits per heavy atom. The first-order chi connectivity index (χ1) is 9.69. The van der Waals surface area contributed by atoms with Gasteiger partial charge in [0.2, 0.25) is 0 Å². The zero-order valence-electron chi connectivity index (χ0n) is 12.2. The standard InChI is InChI=1S/C15H19F2NO3/c1-15(2,3)21-14(20)18-11(13(16)17)9-12(19)10-7-5-4-6-8-10/h4-8,11,13H,9H2,1-3H3,(H,18,20). The van der Waals surface area contributed by atoms with Gasteiger partial charge in [0.15, 0.2) is 5.78 Å². The van der Waals surface area contributed by atoms with E-state index in [0.29, 0.717) is 5.56 Å². The summed E-state index contributed by atoms with van der Waals surface area (Å²) in [4.78, 5) is 23.4. The van der Waals surface area contributed by atoms with Crippen LogP contribution in [0.4, 0.5) is 13.6 Å². The number of amides is 1. The Hall–Kier alpha value is -1.98. The summed E-state index contributed by atoms with van der Waals surface area (Å²) in [6.45, 7) is 4.87.